The van der Waals surface area contributed by atoms with E-state index in [-0.39, 0.29) is 5.92 Å². The molecule has 0 radical (unpaired) electrons. The van der Waals surface area contributed by atoms with E-state index in [1.165, 1.54) is 16.8 Å². The molecule has 0 aliphatic carbocycles. The summed E-state index contributed by atoms with van der Waals surface area (Å²) in [6.07, 6.45) is 6.79. The first kappa shape index (κ1) is 17.8. The third-order valence-corrected chi connectivity index (χ3v) is 5.94. The maximum absolute atomic E-state index is 13.1. The Kier molecular flexibility index (Phi) is 5.28. The van der Waals surface area contributed by atoms with Gasteiger partial charge in [-0.3, -0.25) is 4.79 Å². The third kappa shape index (κ3) is 4.24. The van der Waals surface area contributed by atoms with E-state index in [1.807, 2.05) is 12.3 Å². The van der Waals surface area contributed by atoms with Crippen molar-refractivity contribution in [3.05, 3.63) is 53.7 Å². The molecule has 2 aliphatic rings. The molecular weight excluding hydrogens is 336 g/mol. The second kappa shape index (κ2) is 7.99. The number of nitrogens with two attached hydrogens (primary N) is 1. The summed E-state index contributed by atoms with van der Waals surface area (Å²) in [4.78, 5) is 19.4. The Morgan fingerprint density at radius 2 is 1.96 bits per heavy atom. The molecule has 0 bridgehead atoms. The minimum atomic E-state index is 0.0963. The van der Waals surface area contributed by atoms with E-state index in [2.05, 4.69) is 45.5 Å². The third-order valence-electron chi connectivity index (χ3n) is 5.94. The van der Waals surface area contributed by atoms with Crippen LogP contribution in [0.25, 0.3) is 0 Å². The number of para-hydroxylation sites is 1. The Morgan fingerprint density at radius 3 is 2.74 bits per heavy atom. The molecule has 2 aromatic rings. The van der Waals surface area contributed by atoms with Crippen molar-refractivity contribution in [2.45, 2.75) is 32.1 Å². The van der Waals surface area contributed by atoms with Crippen molar-refractivity contribution in [3.8, 4) is 0 Å². The Hall–Kier alpha value is -2.56. The smallest absolute Gasteiger partial charge is 0.226 e. The topological polar surface area (TPSA) is 71.2 Å². The molecule has 2 aliphatic heterocycles. The first-order chi connectivity index (χ1) is 13.2. The molecule has 1 saturated heterocycles. The van der Waals surface area contributed by atoms with Crippen LogP contribution in [0.5, 0.6) is 0 Å². The molecule has 3 heterocycles. The fourth-order valence-corrected chi connectivity index (χ4v) is 4.34. The number of hydrogen-bond acceptors (Lipinski definition) is 4. The van der Waals surface area contributed by atoms with Crippen LogP contribution in [-0.2, 0) is 17.6 Å². The normalized spacial score (nSPS) is 20.4. The van der Waals surface area contributed by atoms with Gasteiger partial charge in [-0.15, -0.1) is 0 Å². The first-order valence-electron chi connectivity index (χ1n) is 10.00. The highest BCUT2D eigenvalue weighted by molar-refractivity contribution is 5.80. The second-order valence-electron chi connectivity index (χ2n) is 7.84. The number of pyridine rings is 1. The van der Waals surface area contributed by atoms with E-state index in [4.69, 9.17) is 5.73 Å². The van der Waals surface area contributed by atoms with Gasteiger partial charge in [-0.1, -0.05) is 24.3 Å². The molecule has 1 amide bonds. The number of nitrogens with zero attached hydrogens (tertiary/aromatic N) is 2. The van der Waals surface area contributed by atoms with Crippen LogP contribution in [0.2, 0.25) is 0 Å². The maximum Gasteiger partial charge on any atom is 0.226 e. The van der Waals surface area contributed by atoms with Gasteiger partial charge in [-0.25, -0.2) is 4.98 Å². The number of anilines is 2. The van der Waals surface area contributed by atoms with E-state index in [9.17, 15) is 4.79 Å². The molecule has 0 saturated carbocycles. The van der Waals surface area contributed by atoms with Crippen molar-refractivity contribution in [2.24, 2.45) is 11.8 Å². The van der Waals surface area contributed by atoms with Crippen molar-refractivity contribution in [1.82, 2.24) is 9.88 Å². The summed E-state index contributed by atoms with van der Waals surface area (Å²) in [7, 11) is 0. The van der Waals surface area contributed by atoms with Gasteiger partial charge in [-0.05, 0) is 61.3 Å². The van der Waals surface area contributed by atoms with Gasteiger partial charge in [0.1, 0.15) is 5.82 Å². The highest BCUT2D eigenvalue weighted by Gasteiger charge is 2.29. The van der Waals surface area contributed by atoms with Gasteiger partial charge in [0.25, 0.3) is 0 Å². The standard InChI is InChI=1S/C22H28N4O/c23-21-6-5-17(15-25-21)13-16-8-11-26(12-9-16)22(27)19-7-10-24-20-4-2-1-3-18(20)14-19/h1-6,15-16,19,24H,7-14H2,(H2,23,25). The van der Waals surface area contributed by atoms with Crippen LogP contribution in [0.3, 0.4) is 0 Å². The van der Waals surface area contributed by atoms with Crippen molar-refractivity contribution in [1.29, 1.82) is 0 Å². The summed E-state index contributed by atoms with van der Waals surface area (Å²) < 4.78 is 0. The number of benzene rings is 1. The number of piperidine rings is 1. The number of amides is 1. The molecule has 1 fully saturated rings. The van der Waals surface area contributed by atoms with Crippen LogP contribution in [-0.4, -0.2) is 35.4 Å². The van der Waals surface area contributed by atoms with Crippen LogP contribution in [0.1, 0.15) is 30.4 Å². The first-order valence-corrected chi connectivity index (χ1v) is 10.00. The maximum atomic E-state index is 13.1. The van der Waals surface area contributed by atoms with Gasteiger partial charge in [0, 0.05) is 37.4 Å². The molecule has 3 N–H and O–H groups in total. The molecule has 1 unspecified atom stereocenters. The monoisotopic (exact) mass is 364 g/mol. The number of carbonyl (C=O) groups excluding carboxylic acids is 1. The van der Waals surface area contributed by atoms with Gasteiger partial charge in [0.15, 0.2) is 0 Å². The van der Waals surface area contributed by atoms with E-state index in [0.29, 0.717) is 17.6 Å². The van der Waals surface area contributed by atoms with Crippen LogP contribution in [0.15, 0.2) is 42.6 Å². The van der Waals surface area contributed by atoms with E-state index in [0.717, 1.165) is 51.7 Å². The fraction of sp³-hybridized carbons (Fsp3) is 0.455. The lowest BCUT2D eigenvalue weighted by Crippen LogP contribution is -2.42. The second-order valence-corrected chi connectivity index (χ2v) is 7.84. The zero-order valence-corrected chi connectivity index (χ0v) is 15.7. The minimum Gasteiger partial charge on any atom is -0.385 e. The van der Waals surface area contributed by atoms with E-state index in [1.54, 1.807) is 0 Å². The summed E-state index contributed by atoms with van der Waals surface area (Å²) in [6, 6.07) is 12.3. The lowest BCUT2D eigenvalue weighted by molar-refractivity contribution is -0.137. The number of hydrogen-bond donors (Lipinski definition) is 2. The number of likely N-dealkylation sites (tertiary alicyclic amines) is 1. The number of carbonyl (C=O) groups is 1. The van der Waals surface area contributed by atoms with Crippen LogP contribution in [0.4, 0.5) is 11.5 Å². The van der Waals surface area contributed by atoms with Crippen LogP contribution >= 0.6 is 0 Å². The Bertz CT molecular complexity index is 781. The highest BCUT2D eigenvalue weighted by atomic mass is 16.2. The van der Waals surface area contributed by atoms with Gasteiger partial charge >= 0.3 is 0 Å². The summed E-state index contributed by atoms with van der Waals surface area (Å²) in [6.45, 7) is 2.61. The summed E-state index contributed by atoms with van der Waals surface area (Å²) >= 11 is 0. The van der Waals surface area contributed by atoms with Crippen molar-refractivity contribution >= 4 is 17.4 Å². The predicted octanol–water partition coefficient (Wildman–Crippen LogP) is 3.12. The minimum absolute atomic E-state index is 0.0963. The summed E-state index contributed by atoms with van der Waals surface area (Å²) in [5.41, 5.74) is 9.35. The predicted molar refractivity (Wildman–Crippen MR) is 108 cm³/mol. The Morgan fingerprint density at radius 1 is 1.15 bits per heavy atom. The highest BCUT2D eigenvalue weighted by Crippen LogP contribution is 2.28. The molecule has 142 valence electrons. The number of rotatable bonds is 3. The largest absolute Gasteiger partial charge is 0.385 e. The van der Waals surface area contributed by atoms with Gasteiger partial charge < -0.3 is 16.0 Å². The molecule has 5 heteroatoms. The zero-order valence-electron chi connectivity index (χ0n) is 15.7. The zero-order chi connectivity index (χ0) is 18.6. The SMILES string of the molecule is Nc1ccc(CC2CCN(C(=O)C3CCNc4ccccc4C3)CC2)cn1. The van der Waals surface area contributed by atoms with E-state index >= 15 is 0 Å². The number of nitrogens with one attached hydrogen (secondary N) is 1. The van der Waals surface area contributed by atoms with Crippen molar-refractivity contribution in [2.75, 3.05) is 30.7 Å². The number of fused-ring (bicyclic) bond motifs is 1. The Labute approximate surface area is 161 Å². The fourth-order valence-electron chi connectivity index (χ4n) is 4.34. The molecule has 27 heavy (non-hydrogen) atoms. The van der Waals surface area contributed by atoms with Crippen molar-refractivity contribution < 1.29 is 4.79 Å². The average Bonchev–Trinajstić information content (AvgIpc) is 2.92. The molecule has 1 atom stereocenters. The molecule has 1 aromatic heterocycles. The van der Waals surface area contributed by atoms with Crippen LogP contribution < -0.4 is 11.1 Å². The molecular formula is C22H28N4O. The van der Waals surface area contributed by atoms with Crippen LogP contribution in [0, 0.1) is 11.8 Å². The van der Waals surface area contributed by atoms with Gasteiger partial charge in [-0.2, -0.15) is 0 Å². The molecule has 4 rings (SSSR count). The van der Waals surface area contributed by atoms with Crippen molar-refractivity contribution in [3.63, 3.8) is 0 Å². The molecule has 0 spiro atoms. The van der Waals surface area contributed by atoms with Gasteiger partial charge in [0.2, 0.25) is 5.91 Å². The molecule has 5 nitrogen and oxygen atoms in total. The Balaban J connectivity index is 1.32. The van der Waals surface area contributed by atoms with E-state index < -0.39 is 0 Å². The number of nitrogen functional groups attached to an aromatic ring is 1. The quantitative estimate of drug-likeness (QED) is 0.878. The average molecular weight is 364 g/mol. The lowest BCUT2D eigenvalue weighted by atomic mass is 9.89. The molecule has 1 aromatic carbocycles. The lowest BCUT2D eigenvalue weighted by Gasteiger charge is -2.34. The van der Waals surface area contributed by atoms with Gasteiger partial charge in [0.05, 0.1) is 0 Å². The number of aromatic nitrogens is 1. The summed E-state index contributed by atoms with van der Waals surface area (Å²) in [5.74, 6) is 1.62. The summed E-state index contributed by atoms with van der Waals surface area (Å²) in [5, 5.41) is 3.47.